The highest BCUT2D eigenvalue weighted by molar-refractivity contribution is 5.92. The molecule has 6 nitrogen and oxygen atoms in total. The van der Waals surface area contributed by atoms with Gasteiger partial charge in [-0.25, -0.2) is 0 Å². The van der Waals surface area contributed by atoms with E-state index in [-0.39, 0.29) is 29.7 Å². The number of rotatable bonds is 7. The van der Waals surface area contributed by atoms with E-state index in [0.29, 0.717) is 13.2 Å². The van der Waals surface area contributed by atoms with Crippen LogP contribution in [0.25, 0.3) is 0 Å². The average molecular weight is 373 g/mol. The highest BCUT2D eigenvalue weighted by Crippen LogP contribution is 2.28. The summed E-state index contributed by atoms with van der Waals surface area (Å²) in [5.74, 6) is 1.25. The van der Waals surface area contributed by atoms with Crippen LogP contribution in [-0.2, 0) is 9.59 Å². The molecule has 0 saturated heterocycles. The molecule has 1 aromatic carbocycles. The molecule has 3 rings (SSSR count). The molecule has 27 heavy (non-hydrogen) atoms. The van der Waals surface area contributed by atoms with Crippen LogP contribution in [-0.4, -0.2) is 31.0 Å². The molecular weight excluding hydrogens is 342 g/mol. The van der Waals surface area contributed by atoms with Crippen LogP contribution in [0.2, 0.25) is 0 Å². The highest BCUT2D eigenvalue weighted by atomic mass is 16.5. The Kier molecular flexibility index (Phi) is 7.10. The summed E-state index contributed by atoms with van der Waals surface area (Å²) >= 11 is 0. The Morgan fingerprint density at radius 3 is 2.19 bits per heavy atom. The molecule has 0 spiro atoms. The lowest BCUT2D eigenvalue weighted by atomic mass is 9.85. The van der Waals surface area contributed by atoms with Crippen molar-refractivity contribution >= 4 is 17.5 Å². The second-order valence-corrected chi connectivity index (χ2v) is 7.69. The summed E-state index contributed by atoms with van der Waals surface area (Å²) < 4.78 is 5.44. The second kappa shape index (κ2) is 9.74. The maximum atomic E-state index is 12.5. The molecule has 0 aromatic heterocycles. The zero-order chi connectivity index (χ0) is 19.1. The third kappa shape index (κ3) is 5.70. The Morgan fingerprint density at radius 1 is 0.926 bits per heavy atom. The minimum absolute atomic E-state index is 0.0119. The van der Waals surface area contributed by atoms with Gasteiger partial charge in [-0.3, -0.25) is 9.59 Å². The molecule has 2 saturated carbocycles. The van der Waals surface area contributed by atoms with Crippen molar-refractivity contribution in [1.29, 1.82) is 0 Å². The summed E-state index contributed by atoms with van der Waals surface area (Å²) in [6, 6.07) is 7.58. The molecular formula is C21H31N3O3. The van der Waals surface area contributed by atoms with Crippen molar-refractivity contribution in [3.63, 3.8) is 0 Å². The van der Waals surface area contributed by atoms with E-state index in [4.69, 9.17) is 10.5 Å². The maximum absolute atomic E-state index is 12.5. The summed E-state index contributed by atoms with van der Waals surface area (Å²) in [5, 5.41) is 6.19. The molecule has 2 aliphatic rings. The monoisotopic (exact) mass is 373 g/mol. The van der Waals surface area contributed by atoms with Crippen LogP contribution in [0.5, 0.6) is 5.75 Å². The van der Waals surface area contributed by atoms with Gasteiger partial charge in [-0.05, 0) is 62.8 Å². The number of carbonyl (C=O) groups is 2. The number of amides is 2. The number of anilines is 1. The lowest BCUT2D eigenvalue weighted by molar-refractivity contribution is -0.125. The standard InChI is InChI=1S/C21H31N3O3/c22-13-14-27-19-11-9-18(10-12-19)24-21(26)16-5-7-17(8-6-16)23-20(25)15-3-1-2-4-15/h9-12,15-17H,1-8,13-14,22H2,(H,23,25)(H,24,26). The van der Waals surface area contributed by atoms with Gasteiger partial charge in [0.2, 0.25) is 11.8 Å². The molecule has 0 heterocycles. The van der Waals surface area contributed by atoms with Crippen molar-refractivity contribution in [2.75, 3.05) is 18.5 Å². The Hall–Kier alpha value is -2.08. The molecule has 0 radical (unpaired) electrons. The van der Waals surface area contributed by atoms with Crippen LogP contribution in [0.4, 0.5) is 5.69 Å². The van der Waals surface area contributed by atoms with Crippen molar-refractivity contribution in [3.05, 3.63) is 24.3 Å². The van der Waals surface area contributed by atoms with Gasteiger partial charge in [0.05, 0.1) is 0 Å². The number of benzene rings is 1. The van der Waals surface area contributed by atoms with Gasteiger partial charge in [-0.2, -0.15) is 0 Å². The van der Waals surface area contributed by atoms with E-state index in [0.717, 1.165) is 50.0 Å². The smallest absolute Gasteiger partial charge is 0.227 e. The molecule has 2 amide bonds. The summed E-state index contributed by atoms with van der Waals surface area (Å²) in [4.78, 5) is 24.8. The van der Waals surface area contributed by atoms with Crippen molar-refractivity contribution in [2.45, 2.75) is 57.4 Å². The van der Waals surface area contributed by atoms with Crippen LogP contribution in [0.1, 0.15) is 51.4 Å². The van der Waals surface area contributed by atoms with Crippen LogP contribution in [0, 0.1) is 11.8 Å². The van der Waals surface area contributed by atoms with Crippen LogP contribution >= 0.6 is 0 Å². The fourth-order valence-electron chi connectivity index (χ4n) is 4.06. The van der Waals surface area contributed by atoms with Crippen LogP contribution in [0.3, 0.4) is 0 Å². The topological polar surface area (TPSA) is 93.4 Å². The predicted octanol–water partition coefficient (Wildman–Crippen LogP) is 2.83. The third-order valence-corrected chi connectivity index (χ3v) is 5.68. The van der Waals surface area contributed by atoms with Gasteiger partial charge >= 0.3 is 0 Å². The SMILES string of the molecule is NCCOc1ccc(NC(=O)C2CCC(NC(=O)C3CCCC3)CC2)cc1. The zero-order valence-electron chi connectivity index (χ0n) is 15.9. The molecule has 148 valence electrons. The molecule has 6 heteroatoms. The van der Waals surface area contributed by atoms with E-state index in [1.54, 1.807) is 0 Å². The van der Waals surface area contributed by atoms with Gasteiger partial charge < -0.3 is 21.1 Å². The normalized spacial score (nSPS) is 23.0. The van der Waals surface area contributed by atoms with Gasteiger partial charge in [0.15, 0.2) is 0 Å². The number of hydrogen-bond acceptors (Lipinski definition) is 4. The molecule has 0 atom stereocenters. The Balaban J connectivity index is 1.41. The summed E-state index contributed by atoms with van der Waals surface area (Å²) in [7, 11) is 0. The Morgan fingerprint density at radius 2 is 1.56 bits per heavy atom. The molecule has 4 N–H and O–H groups in total. The van der Waals surface area contributed by atoms with Crippen molar-refractivity contribution in [1.82, 2.24) is 5.32 Å². The first-order valence-electron chi connectivity index (χ1n) is 10.2. The maximum Gasteiger partial charge on any atom is 0.227 e. The molecule has 2 fully saturated rings. The van der Waals surface area contributed by atoms with Crippen molar-refractivity contribution in [3.8, 4) is 5.75 Å². The fraction of sp³-hybridized carbons (Fsp3) is 0.619. The molecule has 0 bridgehead atoms. The number of nitrogens with one attached hydrogen (secondary N) is 2. The quantitative estimate of drug-likeness (QED) is 0.685. The van der Waals surface area contributed by atoms with E-state index in [2.05, 4.69) is 10.6 Å². The number of hydrogen-bond donors (Lipinski definition) is 3. The van der Waals surface area contributed by atoms with Crippen molar-refractivity contribution in [2.24, 2.45) is 17.6 Å². The van der Waals surface area contributed by atoms with Crippen molar-refractivity contribution < 1.29 is 14.3 Å². The molecule has 2 aliphatic carbocycles. The third-order valence-electron chi connectivity index (χ3n) is 5.68. The first-order valence-corrected chi connectivity index (χ1v) is 10.2. The van der Waals surface area contributed by atoms with E-state index >= 15 is 0 Å². The summed E-state index contributed by atoms with van der Waals surface area (Å²) in [6.45, 7) is 0.953. The van der Waals surface area contributed by atoms with Gasteiger partial charge in [0.25, 0.3) is 0 Å². The van der Waals surface area contributed by atoms with Crippen LogP contribution in [0.15, 0.2) is 24.3 Å². The van der Waals surface area contributed by atoms with E-state index in [1.807, 2.05) is 24.3 Å². The number of nitrogens with two attached hydrogens (primary N) is 1. The number of carbonyl (C=O) groups excluding carboxylic acids is 2. The molecule has 0 aliphatic heterocycles. The van der Waals surface area contributed by atoms with Gasteiger partial charge in [0.1, 0.15) is 12.4 Å². The lowest BCUT2D eigenvalue weighted by Gasteiger charge is -2.29. The minimum Gasteiger partial charge on any atom is -0.492 e. The van der Waals surface area contributed by atoms with Gasteiger partial charge in [-0.1, -0.05) is 12.8 Å². The molecule has 0 unspecified atom stereocenters. The van der Waals surface area contributed by atoms with Gasteiger partial charge in [-0.15, -0.1) is 0 Å². The summed E-state index contributed by atoms with van der Waals surface area (Å²) in [5.41, 5.74) is 6.19. The Labute approximate surface area is 161 Å². The average Bonchev–Trinajstić information content (AvgIpc) is 3.23. The largest absolute Gasteiger partial charge is 0.492 e. The van der Waals surface area contributed by atoms with Crippen LogP contribution < -0.4 is 21.1 Å². The first kappa shape index (κ1) is 19.7. The highest BCUT2D eigenvalue weighted by Gasteiger charge is 2.29. The second-order valence-electron chi connectivity index (χ2n) is 7.69. The zero-order valence-corrected chi connectivity index (χ0v) is 15.9. The molecule has 1 aromatic rings. The van der Waals surface area contributed by atoms with E-state index in [9.17, 15) is 9.59 Å². The minimum atomic E-state index is 0.0119. The Bertz CT molecular complexity index is 618. The predicted molar refractivity (Wildman–Crippen MR) is 105 cm³/mol. The summed E-state index contributed by atoms with van der Waals surface area (Å²) in [6.07, 6.45) is 7.79. The first-order chi connectivity index (χ1) is 13.2. The lowest BCUT2D eigenvalue weighted by Crippen LogP contribution is -2.41. The van der Waals surface area contributed by atoms with E-state index < -0.39 is 0 Å². The van der Waals surface area contributed by atoms with E-state index in [1.165, 1.54) is 12.8 Å². The van der Waals surface area contributed by atoms with Gasteiger partial charge in [0, 0.05) is 30.1 Å². The fourth-order valence-corrected chi connectivity index (χ4v) is 4.06. The number of ether oxygens (including phenoxy) is 1.